The zero-order valence-electron chi connectivity index (χ0n) is 12.6. The van der Waals surface area contributed by atoms with E-state index in [4.69, 9.17) is 14.9 Å². The van der Waals surface area contributed by atoms with Crippen LogP contribution in [0.4, 0.5) is 5.82 Å². The number of aliphatic hydroxyl groups excluding tert-OH is 1. The molecule has 3 aromatic heterocycles. The number of nitrogens with two attached hydrogens (primary N) is 1. The van der Waals surface area contributed by atoms with Gasteiger partial charge in [0.2, 0.25) is 5.89 Å². The SMILES string of the molecule is C[C@H]1C[C@@H](CO)O[C@H]1c1cc(-c2ncco2)c2c(N)ncnn12. The van der Waals surface area contributed by atoms with Crippen LogP contribution in [0.5, 0.6) is 0 Å². The van der Waals surface area contributed by atoms with Crippen molar-refractivity contribution in [3.05, 3.63) is 30.5 Å². The molecule has 4 heterocycles. The van der Waals surface area contributed by atoms with Gasteiger partial charge >= 0.3 is 0 Å². The maximum atomic E-state index is 9.36. The van der Waals surface area contributed by atoms with Gasteiger partial charge in [-0.05, 0) is 18.4 Å². The fourth-order valence-electron chi connectivity index (χ4n) is 3.23. The van der Waals surface area contributed by atoms with E-state index in [1.54, 1.807) is 10.7 Å². The van der Waals surface area contributed by atoms with Crippen molar-refractivity contribution in [3.8, 4) is 11.5 Å². The van der Waals surface area contributed by atoms with Crippen LogP contribution >= 0.6 is 0 Å². The molecule has 0 radical (unpaired) electrons. The summed E-state index contributed by atoms with van der Waals surface area (Å²) in [7, 11) is 0. The van der Waals surface area contributed by atoms with Crippen molar-refractivity contribution in [2.75, 3.05) is 12.3 Å². The monoisotopic (exact) mass is 315 g/mol. The third kappa shape index (κ3) is 2.18. The molecule has 1 fully saturated rings. The number of nitrogen functional groups attached to an aromatic ring is 1. The Kier molecular flexibility index (Phi) is 3.28. The summed E-state index contributed by atoms with van der Waals surface area (Å²) in [6.45, 7) is 2.10. The molecule has 0 saturated carbocycles. The van der Waals surface area contributed by atoms with Gasteiger partial charge in [0.15, 0.2) is 5.82 Å². The van der Waals surface area contributed by atoms with Gasteiger partial charge in [-0.25, -0.2) is 14.5 Å². The molecule has 23 heavy (non-hydrogen) atoms. The Morgan fingerprint density at radius 2 is 2.30 bits per heavy atom. The number of anilines is 1. The third-order valence-corrected chi connectivity index (χ3v) is 4.26. The minimum Gasteiger partial charge on any atom is -0.444 e. The molecule has 1 saturated heterocycles. The van der Waals surface area contributed by atoms with Gasteiger partial charge in [-0.3, -0.25) is 0 Å². The minimum absolute atomic E-state index is 0.00780. The summed E-state index contributed by atoms with van der Waals surface area (Å²) in [5.74, 6) is 1.06. The van der Waals surface area contributed by atoms with Crippen molar-refractivity contribution in [3.63, 3.8) is 0 Å². The highest BCUT2D eigenvalue weighted by atomic mass is 16.5. The van der Waals surface area contributed by atoms with E-state index in [-0.39, 0.29) is 24.7 Å². The Morgan fingerprint density at radius 1 is 1.43 bits per heavy atom. The topological polar surface area (TPSA) is 112 Å². The number of ether oxygens (including phenoxy) is 1. The van der Waals surface area contributed by atoms with E-state index in [1.165, 1.54) is 12.6 Å². The number of aromatic nitrogens is 4. The molecule has 0 spiro atoms. The van der Waals surface area contributed by atoms with Gasteiger partial charge in [-0.15, -0.1) is 0 Å². The highest BCUT2D eigenvalue weighted by Gasteiger charge is 2.36. The number of nitrogens with zero attached hydrogens (tertiary/aromatic N) is 4. The van der Waals surface area contributed by atoms with Crippen LogP contribution in [0, 0.1) is 5.92 Å². The van der Waals surface area contributed by atoms with Crippen molar-refractivity contribution in [1.29, 1.82) is 0 Å². The molecule has 120 valence electrons. The van der Waals surface area contributed by atoms with Gasteiger partial charge in [-0.1, -0.05) is 6.92 Å². The second-order valence-corrected chi connectivity index (χ2v) is 5.80. The number of oxazole rings is 1. The average Bonchev–Trinajstić information content (AvgIpc) is 3.25. The molecular weight excluding hydrogens is 298 g/mol. The zero-order chi connectivity index (χ0) is 16.0. The summed E-state index contributed by atoms with van der Waals surface area (Å²) in [5.41, 5.74) is 8.27. The van der Waals surface area contributed by atoms with Gasteiger partial charge in [0, 0.05) is 0 Å². The average molecular weight is 315 g/mol. The fraction of sp³-hybridized carbons (Fsp3) is 0.400. The van der Waals surface area contributed by atoms with E-state index >= 15 is 0 Å². The minimum atomic E-state index is -0.183. The summed E-state index contributed by atoms with van der Waals surface area (Å²) in [6.07, 6.45) is 4.95. The van der Waals surface area contributed by atoms with Gasteiger partial charge in [0.25, 0.3) is 0 Å². The summed E-state index contributed by atoms with van der Waals surface area (Å²) in [4.78, 5) is 8.26. The first-order valence-corrected chi connectivity index (χ1v) is 7.47. The molecular formula is C15H17N5O3. The first-order valence-electron chi connectivity index (χ1n) is 7.47. The molecule has 0 aromatic carbocycles. The van der Waals surface area contributed by atoms with Crippen LogP contribution in [0.25, 0.3) is 17.0 Å². The number of rotatable bonds is 3. The molecule has 1 aliphatic rings. The van der Waals surface area contributed by atoms with Crippen LogP contribution in [0.15, 0.2) is 29.3 Å². The lowest BCUT2D eigenvalue weighted by molar-refractivity contribution is 0.00257. The number of fused-ring (bicyclic) bond motifs is 1. The fourth-order valence-corrected chi connectivity index (χ4v) is 3.23. The lowest BCUT2D eigenvalue weighted by Gasteiger charge is -2.14. The van der Waals surface area contributed by atoms with E-state index in [1.807, 2.05) is 6.07 Å². The maximum absolute atomic E-state index is 9.36. The Morgan fingerprint density at radius 3 is 3.00 bits per heavy atom. The van der Waals surface area contributed by atoms with Gasteiger partial charge < -0.3 is 20.0 Å². The van der Waals surface area contributed by atoms with E-state index in [2.05, 4.69) is 22.0 Å². The molecule has 3 N–H and O–H groups in total. The third-order valence-electron chi connectivity index (χ3n) is 4.26. The summed E-state index contributed by atoms with van der Waals surface area (Å²) < 4.78 is 13.1. The van der Waals surface area contributed by atoms with Crippen molar-refractivity contribution in [1.82, 2.24) is 19.6 Å². The highest BCUT2D eigenvalue weighted by molar-refractivity contribution is 5.85. The second-order valence-electron chi connectivity index (χ2n) is 5.80. The number of hydrogen-bond acceptors (Lipinski definition) is 7. The van der Waals surface area contributed by atoms with E-state index in [0.29, 0.717) is 17.2 Å². The lowest BCUT2D eigenvalue weighted by atomic mass is 9.99. The normalized spacial score (nSPS) is 24.5. The molecule has 4 rings (SSSR count). The maximum Gasteiger partial charge on any atom is 0.228 e. The molecule has 0 unspecified atom stereocenters. The molecule has 3 aromatic rings. The smallest absolute Gasteiger partial charge is 0.228 e. The Labute approximate surface area is 131 Å². The summed E-state index contributed by atoms with van der Waals surface area (Å²) in [6, 6.07) is 1.92. The Hall–Kier alpha value is -2.45. The number of aliphatic hydroxyl groups is 1. The van der Waals surface area contributed by atoms with Crippen molar-refractivity contribution in [2.24, 2.45) is 5.92 Å². The predicted octanol–water partition coefficient (Wildman–Crippen LogP) is 1.42. The summed E-state index contributed by atoms with van der Waals surface area (Å²) >= 11 is 0. The Balaban J connectivity index is 1.90. The number of hydrogen-bond donors (Lipinski definition) is 2. The highest BCUT2D eigenvalue weighted by Crippen LogP contribution is 2.41. The molecule has 8 nitrogen and oxygen atoms in total. The van der Waals surface area contributed by atoms with Crippen LogP contribution in [-0.4, -0.2) is 37.4 Å². The van der Waals surface area contributed by atoms with E-state index in [9.17, 15) is 5.11 Å². The molecule has 0 amide bonds. The second kappa shape index (κ2) is 5.32. The van der Waals surface area contributed by atoms with Gasteiger partial charge in [-0.2, -0.15) is 5.10 Å². The molecule has 3 atom stereocenters. The predicted molar refractivity (Wildman–Crippen MR) is 81.4 cm³/mol. The zero-order valence-corrected chi connectivity index (χ0v) is 12.6. The van der Waals surface area contributed by atoms with E-state index < -0.39 is 0 Å². The van der Waals surface area contributed by atoms with Gasteiger partial charge in [0.05, 0.1) is 30.2 Å². The van der Waals surface area contributed by atoms with Crippen LogP contribution in [0.1, 0.15) is 25.1 Å². The van der Waals surface area contributed by atoms with Crippen LogP contribution in [0.3, 0.4) is 0 Å². The lowest BCUT2D eigenvalue weighted by Crippen LogP contribution is -2.12. The molecule has 0 bridgehead atoms. The first kappa shape index (κ1) is 14.2. The first-order chi connectivity index (χ1) is 11.2. The van der Waals surface area contributed by atoms with Crippen LogP contribution in [-0.2, 0) is 4.74 Å². The van der Waals surface area contributed by atoms with E-state index in [0.717, 1.165) is 17.7 Å². The molecule has 0 aliphatic carbocycles. The molecule has 1 aliphatic heterocycles. The van der Waals surface area contributed by atoms with Crippen molar-refractivity contribution in [2.45, 2.75) is 25.6 Å². The van der Waals surface area contributed by atoms with Crippen LogP contribution < -0.4 is 5.73 Å². The summed E-state index contributed by atoms with van der Waals surface area (Å²) in [5, 5.41) is 13.7. The van der Waals surface area contributed by atoms with Gasteiger partial charge in [0.1, 0.15) is 24.2 Å². The standard InChI is InChI=1S/C15H17N5O3/c1-8-4-9(6-21)23-13(8)11-5-10(15-17-2-3-22-15)12-14(16)18-7-19-20(11)12/h2-3,5,7-9,13,21H,4,6H2,1H3,(H2,16,18,19)/t8-,9-,13+/m0/s1. The van der Waals surface area contributed by atoms with Crippen LogP contribution in [0.2, 0.25) is 0 Å². The largest absolute Gasteiger partial charge is 0.444 e. The van der Waals surface area contributed by atoms with Crippen molar-refractivity contribution >= 4 is 11.3 Å². The molecule has 8 heteroatoms. The quantitative estimate of drug-likeness (QED) is 0.751. The van der Waals surface area contributed by atoms with Crippen molar-refractivity contribution < 1.29 is 14.3 Å². The Bertz CT molecular complexity index is 829.